The summed E-state index contributed by atoms with van der Waals surface area (Å²) in [5.41, 5.74) is 8.15. The van der Waals surface area contributed by atoms with Crippen LogP contribution in [0.25, 0.3) is 0 Å². The van der Waals surface area contributed by atoms with Crippen molar-refractivity contribution in [3.05, 3.63) is 57.2 Å². The minimum absolute atomic E-state index is 0.537. The van der Waals surface area contributed by atoms with E-state index >= 15 is 0 Å². The first-order chi connectivity index (χ1) is 9.65. The Morgan fingerprint density at radius 1 is 1.30 bits per heavy atom. The van der Waals surface area contributed by atoms with Gasteiger partial charge in [-0.2, -0.15) is 0 Å². The molecule has 106 valence electrons. The van der Waals surface area contributed by atoms with Gasteiger partial charge in [-0.1, -0.05) is 35.9 Å². The second kappa shape index (κ2) is 7.07. The maximum absolute atomic E-state index is 6.28. The fourth-order valence-corrected chi connectivity index (χ4v) is 2.84. The van der Waals surface area contributed by atoms with Gasteiger partial charge in [0.25, 0.3) is 0 Å². The minimum Gasteiger partial charge on any atom is -0.351 e. The minimum atomic E-state index is 0.537. The molecule has 0 bridgehead atoms. The van der Waals surface area contributed by atoms with Crippen LogP contribution in [0.5, 0.6) is 0 Å². The zero-order valence-corrected chi connectivity index (χ0v) is 13.7. The predicted molar refractivity (Wildman–Crippen MR) is 88.0 cm³/mol. The van der Waals surface area contributed by atoms with Crippen molar-refractivity contribution in [3.8, 4) is 0 Å². The lowest BCUT2D eigenvalue weighted by molar-refractivity contribution is 0.803. The highest BCUT2D eigenvalue weighted by molar-refractivity contribution is 9.10. The summed E-state index contributed by atoms with van der Waals surface area (Å²) in [6, 6.07) is 10.0. The molecule has 2 aromatic rings. The molecule has 0 saturated carbocycles. The number of nitrogens with zero attached hydrogens (tertiary/aromatic N) is 2. The van der Waals surface area contributed by atoms with Crippen molar-refractivity contribution in [2.24, 2.45) is 5.73 Å². The summed E-state index contributed by atoms with van der Waals surface area (Å²) < 4.78 is 0.879. The second-order valence-corrected chi connectivity index (χ2v) is 5.77. The Morgan fingerprint density at radius 2 is 2.00 bits per heavy atom. The van der Waals surface area contributed by atoms with Crippen LogP contribution in [0, 0.1) is 0 Å². The molecule has 0 saturated heterocycles. The monoisotopic (exact) mass is 353 g/mol. The van der Waals surface area contributed by atoms with Crippen LogP contribution in [0.4, 0.5) is 5.82 Å². The summed E-state index contributed by atoms with van der Waals surface area (Å²) in [5, 5.41) is 0.645. The molecule has 5 heteroatoms. The van der Waals surface area contributed by atoms with Crippen LogP contribution in [-0.2, 0) is 13.1 Å². The highest BCUT2D eigenvalue weighted by atomic mass is 79.9. The lowest BCUT2D eigenvalue weighted by atomic mass is 10.1. The molecule has 0 aliphatic heterocycles. The summed E-state index contributed by atoms with van der Waals surface area (Å²) in [7, 11) is 0. The zero-order chi connectivity index (χ0) is 14.5. The quantitative estimate of drug-likeness (QED) is 0.883. The number of pyridine rings is 1. The van der Waals surface area contributed by atoms with Crippen LogP contribution in [0.15, 0.2) is 41.0 Å². The van der Waals surface area contributed by atoms with E-state index < -0.39 is 0 Å². The average molecular weight is 355 g/mol. The molecule has 0 fully saturated rings. The Hall–Kier alpha value is -1.10. The summed E-state index contributed by atoms with van der Waals surface area (Å²) >= 11 is 9.66. The summed E-state index contributed by atoms with van der Waals surface area (Å²) in [6.07, 6.45) is 1.76. The van der Waals surface area contributed by atoms with E-state index in [2.05, 4.69) is 44.9 Å². The normalized spacial score (nSPS) is 10.6. The van der Waals surface area contributed by atoms with Gasteiger partial charge in [-0.15, -0.1) is 0 Å². The van der Waals surface area contributed by atoms with Crippen LogP contribution >= 0.6 is 27.5 Å². The molecule has 20 heavy (non-hydrogen) atoms. The van der Waals surface area contributed by atoms with E-state index in [0.717, 1.165) is 28.9 Å². The van der Waals surface area contributed by atoms with E-state index in [4.69, 9.17) is 17.3 Å². The van der Waals surface area contributed by atoms with E-state index in [-0.39, 0.29) is 0 Å². The molecule has 2 rings (SSSR count). The molecular weight excluding hydrogens is 338 g/mol. The third-order valence-electron chi connectivity index (χ3n) is 3.17. The molecule has 0 amide bonds. The Balaban J connectivity index is 2.29. The van der Waals surface area contributed by atoms with E-state index in [1.54, 1.807) is 6.20 Å². The Kier molecular flexibility index (Phi) is 5.40. The maximum atomic E-state index is 6.28. The van der Waals surface area contributed by atoms with E-state index in [9.17, 15) is 0 Å². The van der Waals surface area contributed by atoms with Gasteiger partial charge in [0, 0.05) is 30.3 Å². The van der Waals surface area contributed by atoms with Crippen molar-refractivity contribution in [2.45, 2.75) is 20.0 Å². The van der Waals surface area contributed by atoms with Crippen molar-refractivity contribution in [3.63, 3.8) is 0 Å². The highest BCUT2D eigenvalue weighted by Gasteiger charge is 2.12. The third kappa shape index (κ3) is 3.51. The number of benzene rings is 1. The molecule has 0 radical (unpaired) electrons. The largest absolute Gasteiger partial charge is 0.351 e. The topological polar surface area (TPSA) is 42.1 Å². The fourth-order valence-electron chi connectivity index (χ4n) is 2.09. The standard InChI is InChI=1S/C15H17BrClN3/c1-2-20(15-14(17)7-13(16)9-19-15)10-12-6-4-3-5-11(12)8-18/h3-7,9H,2,8,10,18H2,1H3. The molecular formula is C15H17BrClN3. The number of hydrogen-bond donors (Lipinski definition) is 1. The number of nitrogens with two attached hydrogens (primary N) is 1. The van der Waals surface area contributed by atoms with Crippen LogP contribution in [0.2, 0.25) is 5.02 Å². The molecule has 0 spiro atoms. The number of halogens is 2. The molecule has 1 aromatic heterocycles. The molecule has 0 unspecified atom stereocenters. The number of hydrogen-bond acceptors (Lipinski definition) is 3. The van der Waals surface area contributed by atoms with Gasteiger partial charge in [0.05, 0.1) is 5.02 Å². The van der Waals surface area contributed by atoms with Gasteiger partial charge in [0.1, 0.15) is 5.82 Å². The van der Waals surface area contributed by atoms with Gasteiger partial charge < -0.3 is 10.6 Å². The molecule has 3 nitrogen and oxygen atoms in total. The Bertz CT molecular complexity index is 589. The maximum Gasteiger partial charge on any atom is 0.147 e. The van der Waals surface area contributed by atoms with Gasteiger partial charge in [0.2, 0.25) is 0 Å². The summed E-state index contributed by atoms with van der Waals surface area (Å²) in [4.78, 5) is 6.56. The summed E-state index contributed by atoms with van der Waals surface area (Å²) in [5.74, 6) is 0.796. The lowest BCUT2D eigenvalue weighted by Gasteiger charge is -2.24. The Labute approximate surface area is 132 Å². The third-order valence-corrected chi connectivity index (χ3v) is 3.88. The second-order valence-electron chi connectivity index (χ2n) is 4.45. The highest BCUT2D eigenvalue weighted by Crippen LogP contribution is 2.27. The smallest absolute Gasteiger partial charge is 0.147 e. The van der Waals surface area contributed by atoms with Crippen molar-refractivity contribution in [2.75, 3.05) is 11.4 Å². The van der Waals surface area contributed by atoms with Crippen LogP contribution < -0.4 is 10.6 Å². The fraction of sp³-hybridized carbons (Fsp3) is 0.267. The van der Waals surface area contributed by atoms with Gasteiger partial charge in [0.15, 0.2) is 0 Å². The van der Waals surface area contributed by atoms with Crippen LogP contribution in [0.3, 0.4) is 0 Å². The number of rotatable bonds is 5. The molecule has 2 N–H and O–H groups in total. The first-order valence-electron chi connectivity index (χ1n) is 6.48. The van der Waals surface area contributed by atoms with E-state index in [0.29, 0.717) is 11.6 Å². The molecule has 0 aliphatic carbocycles. The van der Waals surface area contributed by atoms with Gasteiger partial charge in [-0.3, -0.25) is 0 Å². The molecule has 1 aromatic carbocycles. The Morgan fingerprint density at radius 3 is 2.60 bits per heavy atom. The SMILES string of the molecule is CCN(Cc1ccccc1CN)c1ncc(Br)cc1Cl. The molecule has 0 atom stereocenters. The summed E-state index contributed by atoms with van der Waals surface area (Å²) in [6.45, 7) is 4.20. The number of aromatic nitrogens is 1. The predicted octanol–water partition coefficient (Wildman–Crippen LogP) is 3.98. The van der Waals surface area contributed by atoms with Gasteiger partial charge >= 0.3 is 0 Å². The van der Waals surface area contributed by atoms with Crippen molar-refractivity contribution < 1.29 is 0 Å². The zero-order valence-electron chi connectivity index (χ0n) is 11.3. The van der Waals surface area contributed by atoms with Crippen molar-refractivity contribution in [1.82, 2.24) is 4.98 Å². The van der Waals surface area contributed by atoms with Crippen LogP contribution in [-0.4, -0.2) is 11.5 Å². The van der Waals surface area contributed by atoms with E-state index in [1.807, 2.05) is 18.2 Å². The van der Waals surface area contributed by atoms with Crippen molar-refractivity contribution >= 4 is 33.3 Å². The van der Waals surface area contributed by atoms with Gasteiger partial charge in [-0.25, -0.2) is 4.98 Å². The van der Waals surface area contributed by atoms with E-state index in [1.165, 1.54) is 5.56 Å². The average Bonchev–Trinajstić information content (AvgIpc) is 2.46. The van der Waals surface area contributed by atoms with Crippen molar-refractivity contribution in [1.29, 1.82) is 0 Å². The first-order valence-corrected chi connectivity index (χ1v) is 7.65. The lowest BCUT2D eigenvalue weighted by Crippen LogP contribution is -2.24. The number of anilines is 1. The first kappa shape index (κ1) is 15.3. The molecule has 0 aliphatic rings. The van der Waals surface area contributed by atoms with Gasteiger partial charge in [-0.05, 0) is 40.0 Å². The van der Waals surface area contributed by atoms with Crippen LogP contribution in [0.1, 0.15) is 18.1 Å². The molecule has 1 heterocycles.